The van der Waals surface area contributed by atoms with Crippen LogP contribution in [0.15, 0.2) is 11.6 Å². The number of thiazole rings is 1. The molecule has 1 heterocycles. The molecule has 5 heteroatoms. The Morgan fingerprint density at radius 2 is 2.28 bits per heavy atom. The molecule has 2 amide bonds. The molecule has 1 atom stereocenters. The van der Waals surface area contributed by atoms with Gasteiger partial charge in [0.05, 0.1) is 6.04 Å². The maximum Gasteiger partial charge on any atom is 0.317 e. The number of nitrogens with one attached hydrogen (secondary N) is 1. The number of rotatable bonds is 4. The van der Waals surface area contributed by atoms with Gasteiger partial charge in [0.2, 0.25) is 0 Å². The molecule has 18 heavy (non-hydrogen) atoms. The molecule has 1 aromatic rings. The largest absolute Gasteiger partial charge is 0.328 e. The summed E-state index contributed by atoms with van der Waals surface area (Å²) >= 11 is 1.64. The first-order valence-corrected chi connectivity index (χ1v) is 7.56. The maximum absolute atomic E-state index is 12.2. The van der Waals surface area contributed by atoms with E-state index in [0.717, 1.165) is 17.8 Å². The first kappa shape index (κ1) is 12.0. The number of hydrogen-bond donors (Lipinski definition) is 1. The second-order valence-electron chi connectivity index (χ2n) is 5.33. The SMILES string of the molecule is CN(C(=O)NC(c1nccs1)C1CC1)C1CCC1. The Hall–Kier alpha value is -1.10. The summed E-state index contributed by atoms with van der Waals surface area (Å²) in [6.07, 6.45) is 7.78. The summed E-state index contributed by atoms with van der Waals surface area (Å²) in [5.74, 6) is 0.592. The highest BCUT2D eigenvalue weighted by molar-refractivity contribution is 7.09. The minimum Gasteiger partial charge on any atom is -0.328 e. The lowest BCUT2D eigenvalue weighted by Crippen LogP contribution is -2.47. The van der Waals surface area contributed by atoms with Crippen LogP contribution in [0.2, 0.25) is 0 Å². The first-order valence-electron chi connectivity index (χ1n) is 6.68. The van der Waals surface area contributed by atoms with Crippen LogP contribution in [-0.4, -0.2) is 29.0 Å². The van der Waals surface area contributed by atoms with Gasteiger partial charge >= 0.3 is 6.03 Å². The van der Waals surface area contributed by atoms with E-state index >= 15 is 0 Å². The third kappa shape index (κ3) is 2.36. The zero-order valence-electron chi connectivity index (χ0n) is 10.6. The number of nitrogens with zero attached hydrogens (tertiary/aromatic N) is 2. The van der Waals surface area contributed by atoms with Crippen molar-refractivity contribution in [1.82, 2.24) is 15.2 Å². The van der Waals surface area contributed by atoms with Crippen LogP contribution in [0.25, 0.3) is 0 Å². The third-order valence-electron chi connectivity index (χ3n) is 4.03. The van der Waals surface area contributed by atoms with Crippen LogP contribution in [0.4, 0.5) is 4.79 Å². The highest BCUT2D eigenvalue weighted by Crippen LogP contribution is 2.41. The predicted molar refractivity (Wildman–Crippen MR) is 71.5 cm³/mol. The van der Waals surface area contributed by atoms with Gasteiger partial charge in [-0.1, -0.05) is 0 Å². The van der Waals surface area contributed by atoms with Crippen LogP contribution in [0.1, 0.15) is 43.2 Å². The molecule has 0 aliphatic heterocycles. The summed E-state index contributed by atoms with van der Waals surface area (Å²) in [5, 5.41) is 6.19. The van der Waals surface area contributed by atoms with E-state index in [1.54, 1.807) is 11.3 Å². The molecule has 4 nitrogen and oxygen atoms in total. The van der Waals surface area contributed by atoms with Gasteiger partial charge < -0.3 is 10.2 Å². The van der Waals surface area contributed by atoms with Crippen molar-refractivity contribution in [2.24, 2.45) is 5.92 Å². The highest BCUT2D eigenvalue weighted by atomic mass is 32.1. The van der Waals surface area contributed by atoms with Gasteiger partial charge in [0.15, 0.2) is 0 Å². The molecular formula is C13H19N3OS. The minimum absolute atomic E-state index is 0.0619. The molecule has 1 aromatic heterocycles. The fourth-order valence-electron chi connectivity index (χ4n) is 2.37. The number of hydrogen-bond acceptors (Lipinski definition) is 3. The molecule has 2 saturated carbocycles. The minimum atomic E-state index is 0.0619. The van der Waals surface area contributed by atoms with Gasteiger partial charge in [-0.05, 0) is 38.0 Å². The summed E-state index contributed by atoms with van der Waals surface area (Å²) in [6.45, 7) is 0. The standard InChI is InChI=1S/C13H19N3OS/c1-16(10-3-2-4-10)13(17)15-11(9-5-6-9)12-14-7-8-18-12/h7-11H,2-6H2,1H3,(H,15,17). The number of carbonyl (C=O) groups is 1. The average Bonchev–Trinajstić information content (AvgIpc) is 2.98. The van der Waals surface area contributed by atoms with Crippen LogP contribution < -0.4 is 5.32 Å². The number of carbonyl (C=O) groups excluding carboxylic acids is 1. The van der Waals surface area contributed by atoms with Gasteiger partial charge in [-0.3, -0.25) is 0 Å². The monoisotopic (exact) mass is 265 g/mol. The fourth-order valence-corrected chi connectivity index (χ4v) is 3.15. The molecule has 0 bridgehead atoms. The molecule has 2 fully saturated rings. The van der Waals surface area contributed by atoms with Crippen molar-refractivity contribution in [3.63, 3.8) is 0 Å². The van der Waals surface area contributed by atoms with Crippen LogP contribution in [-0.2, 0) is 0 Å². The van der Waals surface area contributed by atoms with Gasteiger partial charge in [0, 0.05) is 24.7 Å². The first-order chi connectivity index (χ1) is 8.75. The van der Waals surface area contributed by atoms with Crippen molar-refractivity contribution in [2.75, 3.05) is 7.05 Å². The topological polar surface area (TPSA) is 45.2 Å². The smallest absolute Gasteiger partial charge is 0.317 e. The van der Waals surface area contributed by atoms with E-state index in [-0.39, 0.29) is 12.1 Å². The normalized spacial score (nSPS) is 21.2. The van der Waals surface area contributed by atoms with Crippen molar-refractivity contribution < 1.29 is 4.79 Å². The highest BCUT2D eigenvalue weighted by Gasteiger charge is 2.36. The quantitative estimate of drug-likeness (QED) is 0.910. The zero-order valence-corrected chi connectivity index (χ0v) is 11.4. The van der Waals surface area contributed by atoms with Crippen LogP contribution in [0.5, 0.6) is 0 Å². The lowest BCUT2D eigenvalue weighted by atomic mass is 9.92. The molecule has 1 unspecified atom stereocenters. The van der Waals surface area contributed by atoms with Crippen LogP contribution in [0, 0.1) is 5.92 Å². The number of aromatic nitrogens is 1. The summed E-state index contributed by atoms with van der Waals surface area (Å²) in [6, 6.07) is 0.632. The fraction of sp³-hybridized carbons (Fsp3) is 0.692. The van der Waals surface area contributed by atoms with E-state index in [1.807, 2.05) is 23.5 Å². The van der Waals surface area contributed by atoms with Gasteiger partial charge in [0.1, 0.15) is 5.01 Å². The molecule has 0 spiro atoms. The van der Waals surface area contributed by atoms with E-state index in [0.29, 0.717) is 12.0 Å². The Bertz CT molecular complexity index is 412. The van der Waals surface area contributed by atoms with Crippen molar-refractivity contribution in [2.45, 2.75) is 44.2 Å². The summed E-state index contributed by atoms with van der Waals surface area (Å²) in [7, 11) is 1.91. The van der Waals surface area contributed by atoms with Gasteiger partial charge in [-0.15, -0.1) is 11.3 Å². The Labute approximate surface area is 111 Å². The predicted octanol–water partition coefficient (Wildman–Crippen LogP) is 2.79. The van der Waals surface area contributed by atoms with E-state index in [4.69, 9.17) is 0 Å². The second kappa shape index (κ2) is 4.88. The summed E-state index contributed by atoms with van der Waals surface area (Å²) < 4.78 is 0. The molecule has 2 aliphatic rings. The lowest BCUT2D eigenvalue weighted by molar-refractivity contribution is 0.153. The molecule has 3 rings (SSSR count). The number of amides is 2. The van der Waals surface area contributed by atoms with Crippen LogP contribution >= 0.6 is 11.3 Å². The van der Waals surface area contributed by atoms with Crippen molar-refractivity contribution in [3.8, 4) is 0 Å². The molecule has 0 saturated heterocycles. The second-order valence-corrected chi connectivity index (χ2v) is 6.26. The Morgan fingerprint density at radius 1 is 1.50 bits per heavy atom. The molecule has 1 N–H and O–H groups in total. The number of urea groups is 1. The molecule has 0 aromatic carbocycles. The summed E-state index contributed by atoms with van der Waals surface area (Å²) in [4.78, 5) is 18.4. The summed E-state index contributed by atoms with van der Waals surface area (Å²) in [5.41, 5.74) is 0. The Balaban J connectivity index is 1.63. The van der Waals surface area contributed by atoms with Crippen molar-refractivity contribution >= 4 is 17.4 Å². The Morgan fingerprint density at radius 3 is 2.78 bits per heavy atom. The van der Waals surface area contributed by atoms with Gasteiger partial charge in [-0.2, -0.15) is 0 Å². The van der Waals surface area contributed by atoms with E-state index in [1.165, 1.54) is 19.3 Å². The zero-order chi connectivity index (χ0) is 12.5. The van der Waals surface area contributed by atoms with E-state index < -0.39 is 0 Å². The van der Waals surface area contributed by atoms with Crippen molar-refractivity contribution in [3.05, 3.63) is 16.6 Å². The average molecular weight is 265 g/mol. The van der Waals surface area contributed by atoms with Gasteiger partial charge in [-0.25, -0.2) is 9.78 Å². The molecule has 2 aliphatic carbocycles. The lowest BCUT2D eigenvalue weighted by Gasteiger charge is -2.35. The molecule has 98 valence electrons. The Kier molecular flexibility index (Phi) is 3.24. The maximum atomic E-state index is 12.2. The van der Waals surface area contributed by atoms with Crippen molar-refractivity contribution in [1.29, 1.82) is 0 Å². The van der Waals surface area contributed by atoms with E-state index in [2.05, 4.69) is 10.3 Å². The van der Waals surface area contributed by atoms with Crippen LogP contribution in [0.3, 0.4) is 0 Å². The van der Waals surface area contributed by atoms with E-state index in [9.17, 15) is 4.79 Å². The molecule has 0 radical (unpaired) electrons. The van der Waals surface area contributed by atoms with Gasteiger partial charge in [0.25, 0.3) is 0 Å². The molecular weight excluding hydrogens is 246 g/mol. The third-order valence-corrected chi connectivity index (χ3v) is 4.89.